The topological polar surface area (TPSA) is 29.1 Å². The standard InChI is InChI=1S/C16H23Cl2NO/c1-12(2)10-14(16(17)18)11-15(20)19-9-8-13-6-4-3-5-7-13/h3-7,12,14,16H,8-11H2,1-2H3,(H,19,20)/t14-/m0/s1. The van der Waals surface area contributed by atoms with E-state index in [1.807, 2.05) is 18.2 Å². The van der Waals surface area contributed by atoms with Gasteiger partial charge in [-0.15, -0.1) is 23.2 Å². The van der Waals surface area contributed by atoms with Crippen LogP contribution in [0.15, 0.2) is 30.3 Å². The van der Waals surface area contributed by atoms with Gasteiger partial charge in [-0.25, -0.2) is 0 Å². The Labute approximate surface area is 131 Å². The maximum atomic E-state index is 11.9. The van der Waals surface area contributed by atoms with Crippen molar-refractivity contribution in [3.63, 3.8) is 0 Å². The zero-order chi connectivity index (χ0) is 15.0. The van der Waals surface area contributed by atoms with Crippen molar-refractivity contribution in [1.82, 2.24) is 5.32 Å². The fourth-order valence-electron chi connectivity index (χ4n) is 2.18. The highest BCUT2D eigenvalue weighted by atomic mass is 35.5. The third kappa shape index (κ3) is 7.16. The van der Waals surface area contributed by atoms with Crippen molar-refractivity contribution in [2.45, 2.75) is 37.9 Å². The van der Waals surface area contributed by atoms with Gasteiger partial charge in [-0.2, -0.15) is 0 Å². The Morgan fingerprint density at radius 1 is 1.20 bits per heavy atom. The number of carbonyl (C=O) groups is 1. The Morgan fingerprint density at radius 2 is 1.85 bits per heavy atom. The number of carbonyl (C=O) groups excluding carboxylic acids is 1. The maximum absolute atomic E-state index is 11.9. The molecule has 1 aromatic carbocycles. The zero-order valence-electron chi connectivity index (χ0n) is 12.1. The van der Waals surface area contributed by atoms with Crippen LogP contribution in [0.2, 0.25) is 0 Å². The number of amides is 1. The predicted molar refractivity (Wildman–Crippen MR) is 86.2 cm³/mol. The molecule has 1 amide bonds. The molecule has 0 unspecified atom stereocenters. The average Bonchev–Trinajstić information content (AvgIpc) is 2.38. The molecule has 112 valence electrons. The molecular weight excluding hydrogens is 293 g/mol. The van der Waals surface area contributed by atoms with Gasteiger partial charge in [0, 0.05) is 13.0 Å². The predicted octanol–water partition coefficient (Wildman–Crippen LogP) is 4.20. The van der Waals surface area contributed by atoms with E-state index in [0.29, 0.717) is 18.9 Å². The second-order valence-electron chi connectivity index (χ2n) is 5.51. The molecule has 0 saturated heterocycles. The Hall–Kier alpha value is -0.730. The van der Waals surface area contributed by atoms with Crippen molar-refractivity contribution >= 4 is 29.1 Å². The molecule has 0 heterocycles. The Balaban J connectivity index is 2.31. The molecule has 0 radical (unpaired) electrons. The second-order valence-corrected chi connectivity index (χ2v) is 6.68. The monoisotopic (exact) mass is 315 g/mol. The van der Waals surface area contributed by atoms with E-state index < -0.39 is 4.84 Å². The molecule has 1 rings (SSSR count). The van der Waals surface area contributed by atoms with Crippen molar-refractivity contribution in [3.8, 4) is 0 Å². The van der Waals surface area contributed by atoms with Gasteiger partial charge in [0.1, 0.15) is 4.84 Å². The van der Waals surface area contributed by atoms with Crippen LogP contribution in [-0.4, -0.2) is 17.3 Å². The molecule has 0 aliphatic heterocycles. The van der Waals surface area contributed by atoms with Crippen molar-refractivity contribution in [2.75, 3.05) is 6.54 Å². The van der Waals surface area contributed by atoms with Gasteiger partial charge in [0.05, 0.1) is 0 Å². The number of rotatable bonds is 8. The fraction of sp³-hybridized carbons (Fsp3) is 0.562. The lowest BCUT2D eigenvalue weighted by molar-refractivity contribution is -0.122. The summed E-state index contributed by atoms with van der Waals surface area (Å²) < 4.78 is 0. The van der Waals surface area contributed by atoms with E-state index >= 15 is 0 Å². The zero-order valence-corrected chi connectivity index (χ0v) is 13.6. The lowest BCUT2D eigenvalue weighted by Crippen LogP contribution is -2.29. The Bertz CT molecular complexity index is 393. The van der Waals surface area contributed by atoms with E-state index in [2.05, 4.69) is 31.3 Å². The molecule has 1 atom stereocenters. The molecule has 0 aromatic heterocycles. The van der Waals surface area contributed by atoms with E-state index in [1.165, 1.54) is 5.56 Å². The van der Waals surface area contributed by atoms with E-state index in [1.54, 1.807) is 0 Å². The third-order valence-electron chi connectivity index (χ3n) is 3.16. The van der Waals surface area contributed by atoms with Crippen LogP contribution in [0.25, 0.3) is 0 Å². The molecule has 0 fully saturated rings. The molecule has 20 heavy (non-hydrogen) atoms. The highest BCUT2D eigenvalue weighted by Gasteiger charge is 2.21. The van der Waals surface area contributed by atoms with Gasteiger partial charge in [-0.3, -0.25) is 4.79 Å². The van der Waals surface area contributed by atoms with Gasteiger partial charge in [0.15, 0.2) is 0 Å². The summed E-state index contributed by atoms with van der Waals surface area (Å²) in [6, 6.07) is 10.1. The molecular formula is C16H23Cl2NO. The molecule has 4 heteroatoms. The fourth-order valence-corrected chi connectivity index (χ4v) is 2.57. The highest BCUT2D eigenvalue weighted by Crippen LogP contribution is 2.25. The van der Waals surface area contributed by atoms with E-state index in [4.69, 9.17) is 23.2 Å². The van der Waals surface area contributed by atoms with E-state index in [-0.39, 0.29) is 11.8 Å². The number of benzene rings is 1. The molecule has 0 saturated carbocycles. The first kappa shape index (κ1) is 17.3. The number of halogens is 2. The normalized spacial score (nSPS) is 12.7. The summed E-state index contributed by atoms with van der Waals surface area (Å²) >= 11 is 11.9. The van der Waals surface area contributed by atoms with Crippen LogP contribution in [0.3, 0.4) is 0 Å². The largest absolute Gasteiger partial charge is 0.356 e. The van der Waals surface area contributed by atoms with Crippen molar-refractivity contribution in [1.29, 1.82) is 0 Å². The van der Waals surface area contributed by atoms with E-state index in [9.17, 15) is 4.79 Å². The van der Waals surface area contributed by atoms with Crippen LogP contribution in [0, 0.1) is 11.8 Å². The van der Waals surface area contributed by atoms with Crippen molar-refractivity contribution in [2.24, 2.45) is 11.8 Å². The summed E-state index contributed by atoms with van der Waals surface area (Å²) in [6.45, 7) is 4.86. The summed E-state index contributed by atoms with van der Waals surface area (Å²) in [5, 5.41) is 2.93. The minimum atomic E-state index is -0.489. The minimum Gasteiger partial charge on any atom is -0.356 e. The minimum absolute atomic E-state index is 0.0232. The smallest absolute Gasteiger partial charge is 0.220 e. The van der Waals surface area contributed by atoms with Gasteiger partial charge in [0.25, 0.3) is 0 Å². The van der Waals surface area contributed by atoms with Crippen molar-refractivity contribution < 1.29 is 4.79 Å². The summed E-state index contributed by atoms with van der Waals surface area (Å²) in [5.41, 5.74) is 1.22. The van der Waals surface area contributed by atoms with Gasteiger partial charge in [0.2, 0.25) is 5.91 Å². The average molecular weight is 316 g/mol. The molecule has 2 nitrogen and oxygen atoms in total. The van der Waals surface area contributed by atoms with Gasteiger partial charge < -0.3 is 5.32 Å². The van der Waals surface area contributed by atoms with Gasteiger partial charge in [-0.05, 0) is 30.2 Å². The molecule has 1 aromatic rings. The Kier molecular flexibility index (Phi) is 8.01. The van der Waals surface area contributed by atoms with Crippen LogP contribution in [0.1, 0.15) is 32.3 Å². The highest BCUT2D eigenvalue weighted by molar-refractivity contribution is 6.44. The summed E-state index contributed by atoms with van der Waals surface area (Å²) in [4.78, 5) is 11.4. The summed E-state index contributed by atoms with van der Waals surface area (Å²) in [5.74, 6) is 0.532. The lowest BCUT2D eigenvalue weighted by atomic mass is 9.95. The first-order valence-corrected chi connectivity index (χ1v) is 7.95. The molecule has 0 bridgehead atoms. The van der Waals surface area contributed by atoms with Gasteiger partial charge >= 0.3 is 0 Å². The van der Waals surface area contributed by atoms with Crippen molar-refractivity contribution in [3.05, 3.63) is 35.9 Å². The SMILES string of the molecule is CC(C)C[C@@H](CC(=O)NCCc1ccccc1)C(Cl)Cl. The number of hydrogen-bond acceptors (Lipinski definition) is 1. The van der Waals surface area contributed by atoms with Gasteiger partial charge in [-0.1, -0.05) is 44.2 Å². The second kappa shape index (κ2) is 9.25. The first-order valence-electron chi connectivity index (χ1n) is 7.07. The van der Waals surface area contributed by atoms with Crippen LogP contribution in [0.5, 0.6) is 0 Å². The molecule has 0 aliphatic carbocycles. The van der Waals surface area contributed by atoms with Crippen LogP contribution >= 0.6 is 23.2 Å². The molecule has 1 N–H and O–H groups in total. The number of hydrogen-bond donors (Lipinski definition) is 1. The summed E-state index contributed by atoms with van der Waals surface area (Å²) in [6.07, 6.45) is 2.10. The maximum Gasteiger partial charge on any atom is 0.220 e. The number of nitrogens with one attached hydrogen (secondary N) is 1. The molecule has 0 aliphatic rings. The third-order valence-corrected chi connectivity index (χ3v) is 3.87. The van der Waals surface area contributed by atoms with Crippen LogP contribution in [0.4, 0.5) is 0 Å². The van der Waals surface area contributed by atoms with E-state index in [0.717, 1.165) is 12.8 Å². The molecule has 0 spiro atoms. The first-order chi connectivity index (χ1) is 9.49. The quantitative estimate of drug-likeness (QED) is 0.716. The lowest BCUT2D eigenvalue weighted by Gasteiger charge is -2.19. The van der Waals surface area contributed by atoms with Crippen LogP contribution < -0.4 is 5.32 Å². The van der Waals surface area contributed by atoms with Crippen LogP contribution in [-0.2, 0) is 11.2 Å². The summed E-state index contributed by atoms with van der Waals surface area (Å²) in [7, 11) is 0. The number of alkyl halides is 2. The Morgan fingerprint density at radius 3 is 2.40 bits per heavy atom.